The van der Waals surface area contributed by atoms with Gasteiger partial charge in [0.05, 0.1) is 30.2 Å². The predicted octanol–water partition coefficient (Wildman–Crippen LogP) is 13.4. The van der Waals surface area contributed by atoms with E-state index in [9.17, 15) is 0 Å². The second-order valence-electron chi connectivity index (χ2n) is 19.9. The van der Waals surface area contributed by atoms with Crippen molar-refractivity contribution in [3.05, 3.63) is 191 Å². The van der Waals surface area contributed by atoms with Crippen molar-refractivity contribution < 1.29 is 0 Å². The summed E-state index contributed by atoms with van der Waals surface area (Å²) >= 11 is 0. The lowest BCUT2D eigenvalue weighted by molar-refractivity contribution is 0.157. The third-order valence-corrected chi connectivity index (χ3v) is 14.1. The molecule has 59 heavy (non-hydrogen) atoms. The highest BCUT2D eigenvalue weighted by Crippen LogP contribution is 2.63. The van der Waals surface area contributed by atoms with Gasteiger partial charge in [-0.2, -0.15) is 0 Å². The molecule has 5 heterocycles. The summed E-state index contributed by atoms with van der Waals surface area (Å²) in [5.41, 5.74) is 19.0. The molecule has 0 N–H and O–H groups in total. The molecule has 1 saturated heterocycles. The number of aryl methyl sites for hydroxylation is 2. The highest BCUT2D eigenvalue weighted by atomic mass is 15.7. The van der Waals surface area contributed by atoms with Gasteiger partial charge in [-0.15, -0.1) is 0 Å². The Kier molecular flexibility index (Phi) is 7.32. The first kappa shape index (κ1) is 36.3. The lowest BCUT2D eigenvalue weighted by Gasteiger charge is -2.55. The third kappa shape index (κ3) is 4.88. The summed E-state index contributed by atoms with van der Waals surface area (Å²) < 4.78 is 4.01. The molecule has 0 saturated carbocycles. The molecule has 4 heteroatoms. The Bertz CT molecular complexity index is 3020. The minimum atomic E-state index is -0.591. The monoisotopic (exact) mass is 769 g/mol. The van der Waals surface area contributed by atoms with Crippen LogP contribution in [-0.4, -0.2) is 23.3 Å². The van der Waals surface area contributed by atoms with E-state index in [4.69, 9.17) is 4.98 Å². The predicted molar refractivity (Wildman–Crippen MR) is 248 cm³/mol. The first-order valence-corrected chi connectivity index (χ1v) is 21.2. The Morgan fingerprint density at radius 1 is 0.593 bits per heavy atom. The zero-order valence-electron chi connectivity index (χ0n) is 35.9. The van der Waals surface area contributed by atoms with Gasteiger partial charge in [-0.05, 0) is 105 Å². The summed E-state index contributed by atoms with van der Waals surface area (Å²) in [6, 6.07) is 51.4. The molecular weight excluding hydrogens is 717 g/mol. The fourth-order valence-electron chi connectivity index (χ4n) is 10.9. The van der Waals surface area contributed by atoms with E-state index in [1.54, 1.807) is 0 Å². The molecule has 0 radical (unpaired) electrons. The first-order chi connectivity index (χ1) is 28.1. The van der Waals surface area contributed by atoms with Crippen LogP contribution in [0.1, 0.15) is 86.1 Å². The molecule has 0 spiro atoms. The van der Waals surface area contributed by atoms with Crippen molar-refractivity contribution in [2.75, 3.05) is 13.7 Å². The number of hydrogen-bond donors (Lipinski definition) is 0. The molecule has 2 aromatic heterocycles. The topological polar surface area (TPSA) is 17.8 Å². The van der Waals surface area contributed by atoms with Crippen LogP contribution in [0.2, 0.25) is 0 Å². The van der Waals surface area contributed by atoms with E-state index in [2.05, 4.69) is 207 Å². The molecule has 0 amide bonds. The van der Waals surface area contributed by atoms with Crippen LogP contribution < -0.4 is 8.97 Å². The highest BCUT2D eigenvalue weighted by Gasteiger charge is 2.60. The van der Waals surface area contributed by atoms with Gasteiger partial charge in [0.2, 0.25) is 0 Å². The average molecular weight is 770 g/mol. The summed E-state index contributed by atoms with van der Waals surface area (Å²) in [6.07, 6.45) is 1.98. The number of pyridine rings is 1. The van der Waals surface area contributed by atoms with Crippen molar-refractivity contribution >= 4 is 38.9 Å². The molecule has 3 aliphatic heterocycles. The Labute approximate surface area is 349 Å². The summed E-state index contributed by atoms with van der Waals surface area (Å²) in [6.45, 7) is 22.0. The van der Waals surface area contributed by atoms with Gasteiger partial charge >= 0.3 is 0 Å². The van der Waals surface area contributed by atoms with Crippen LogP contribution in [0.15, 0.2) is 140 Å². The number of hydrogen-bond acceptors (Lipinski definition) is 1. The van der Waals surface area contributed by atoms with Crippen LogP contribution in [-0.2, 0) is 16.2 Å². The van der Waals surface area contributed by atoms with Crippen molar-refractivity contribution in [2.45, 2.75) is 71.6 Å². The summed E-state index contributed by atoms with van der Waals surface area (Å²) in [7, 11) is 2.37. The van der Waals surface area contributed by atoms with E-state index >= 15 is 0 Å². The smallest absolute Gasteiger partial charge is 0.181 e. The van der Waals surface area contributed by atoms with Crippen molar-refractivity contribution in [2.24, 2.45) is 0 Å². The van der Waals surface area contributed by atoms with Crippen molar-refractivity contribution in [3.8, 4) is 16.9 Å². The Morgan fingerprint density at radius 3 is 1.88 bits per heavy atom. The lowest BCUT2D eigenvalue weighted by Crippen LogP contribution is -2.68. The van der Waals surface area contributed by atoms with Crippen molar-refractivity contribution in [1.82, 2.24) is 18.5 Å². The zero-order chi connectivity index (χ0) is 40.9. The maximum absolute atomic E-state index is 5.07. The SMILES string of the molecule is Cc1cc2c(cc1C)[N@@+]1(C)[CH-][N@+]2(c2cc(C(C)(C)C)cc(C3(c4ccc5c6ccccc6n(-c6cc(C(C)(C)C)ccn6)c5c4)c4ccccc4-c4ccccc43)c2)C1. The molecule has 292 valence electrons. The van der Waals surface area contributed by atoms with Gasteiger partial charge < -0.3 is 4.48 Å². The van der Waals surface area contributed by atoms with Gasteiger partial charge in [-0.3, -0.25) is 9.05 Å². The van der Waals surface area contributed by atoms with Gasteiger partial charge in [-0.1, -0.05) is 126 Å². The van der Waals surface area contributed by atoms with E-state index in [0.717, 1.165) is 21.5 Å². The fraction of sp³-hybridized carbons (Fsp3) is 0.236. The molecule has 1 aliphatic carbocycles. The second kappa shape index (κ2) is 11.9. The second-order valence-corrected chi connectivity index (χ2v) is 19.9. The lowest BCUT2D eigenvalue weighted by atomic mass is 9.66. The molecule has 0 unspecified atom stereocenters. The highest BCUT2D eigenvalue weighted by molar-refractivity contribution is 6.09. The standard InChI is InChI=1S/C55H53N4/c1-35-26-50-51(27-36(35)2)59(33-58(50,9)34-59)41-29-39(54(6,7)8)28-40(30-41)55(46-19-13-10-16-42(46)43-17-11-14-20-47(43)55)38-22-23-45-44-18-12-15-21-48(44)57(49(45)31-38)52-32-37(24-25-56-52)53(3,4)5/h10-33H,34H2,1-9H3/q+1/t58-,59+/m0/s1. The number of quaternary nitrogens is 2. The molecule has 2 atom stereocenters. The number of rotatable bonds is 4. The normalized spacial score (nSPS) is 20.1. The van der Waals surface area contributed by atoms with Crippen LogP contribution >= 0.6 is 0 Å². The molecule has 12 rings (SSSR count). The van der Waals surface area contributed by atoms with Crippen LogP contribution in [0, 0.1) is 20.5 Å². The van der Waals surface area contributed by atoms with E-state index in [1.807, 2.05) is 6.20 Å². The molecule has 2 bridgehead atoms. The molecule has 8 aromatic rings. The first-order valence-electron chi connectivity index (χ1n) is 21.2. The van der Waals surface area contributed by atoms with Crippen LogP contribution in [0.3, 0.4) is 0 Å². The molecule has 4 nitrogen and oxygen atoms in total. The largest absolute Gasteiger partial charge is 0.325 e. The minimum absolute atomic E-state index is 0.0116. The molecular formula is C55H53N4+. The maximum atomic E-state index is 5.07. The minimum Gasteiger partial charge on any atom is -0.325 e. The van der Waals surface area contributed by atoms with Gasteiger partial charge in [0.15, 0.2) is 18.0 Å². The summed E-state index contributed by atoms with van der Waals surface area (Å²) in [4.78, 5) is 5.07. The van der Waals surface area contributed by atoms with Gasteiger partial charge in [-0.25, -0.2) is 4.98 Å². The van der Waals surface area contributed by atoms with Gasteiger partial charge in [0.1, 0.15) is 11.5 Å². The van der Waals surface area contributed by atoms with Crippen LogP contribution in [0.4, 0.5) is 17.1 Å². The Morgan fingerprint density at radius 2 is 1.20 bits per heavy atom. The summed E-state index contributed by atoms with van der Waals surface area (Å²) in [5, 5.41) is 2.47. The number of fused-ring (bicyclic) bond motifs is 6. The molecule has 4 aliphatic rings. The van der Waals surface area contributed by atoms with Gasteiger partial charge in [0, 0.05) is 41.2 Å². The Balaban J connectivity index is 1.25. The van der Waals surface area contributed by atoms with Crippen molar-refractivity contribution in [3.63, 3.8) is 0 Å². The zero-order valence-corrected chi connectivity index (χ0v) is 35.9. The number of para-hydroxylation sites is 1. The fourth-order valence-corrected chi connectivity index (χ4v) is 10.9. The number of nitrogens with zero attached hydrogens (tertiary/aromatic N) is 4. The van der Waals surface area contributed by atoms with Crippen LogP contribution in [0.5, 0.6) is 0 Å². The van der Waals surface area contributed by atoms with Gasteiger partial charge in [0.25, 0.3) is 0 Å². The summed E-state index contributed by atoms with van der Waals surface area (Å²) in [5.74, 6) is 0.947. The van der Waals surface area contributed by atoms with E-state index in [0.29, 0.717) is 0 Å². The number of aromatic nitrogens is 2. The van der Waals surface area contributed by atoms with Crippen LogP contribution in [0.25, 0.3) is 38.8 Å². The quantitative estimate of drug-likeness (QED) is 0.129. The Hall–Kier alpha value is -5.81. The number of benzene rings is 6. The molecule has 1 fully saturated rings. The van der Waals surface area contributed by atoms with E-state index < -0.39 is 5.41 Å². The van der Waals surface area contributed by atoms with Crippen molar-refractivity contribution in [1.29, 1.82) is 0 Å². The molecule has 6 aromatic carbocycles. The maximum Gasteiger partial charge on any atom is 0.181 e. The van der Waals surface area contributed by atoms with E-state index in [1.165, 1.54) is 94.5 Å². The average Bonchev–Trinajstić information content (AvgIpc) is 3.85. The third-order valence-electron chi connectivity index (χ3n) is 14.1. The van der Waals surface area contributed by atoms with E-state index in [-0.39, 0.29) is 10.8 Å².